The topological polar surface area (TPSA) is 116 Å². The number of hydrogen-bond donors (Lipinski definition) is 2. The maximum Gasteiger partial charge on any atom is 0.304 e. The fourth-order valence-electron chi connectivity index (χ4n) is 1.97. The minimum atomic E-state index is -0.948. The van der Waals surface area contributed by atoms with Crippen LogP contribution in [0.4, 0.5) is 0 Å². The van der Waals surface area contributed by atoms with Gasteiger partial charge in [-0.2, -0.15) is 4.80 Å². The summed E-state index contributed by atoms with van der Waals surface area (Å²) in [5.41, 5.74) is 6.52. The number of nitrogens with two attached hydrogens (primary N) is 1. The minimum Gasteiger partial charge on any atom is -0.494 e. The van der Waals surface area contributed by atoms with Gasteiger partial charge in [0.2, 0.25) is 5.82 Å². The second-order valence-corrected chi connectivity index (χ2v) is 5.25. The Morgan fingerprint density at radius 1 is 1.39 bits per heavy atom. The highest BCUT2D eigenvalue weighted by Crippen LogP contribution is 2.19. The van der Waals surface area contributed by atoms with Crippen LogP contribution in [0.25, 0.3) is 11.4 Å². The summed E-state index contributed by atoms with van der Waals surface area (Å²) in [7, 11) is 0. The van der Waals surface area contributed by atoms with Gasteiger partial charge in [-0.3, -0.25) is 4.79 Å². The molecule has 8 nitrogen and oxygen atoms in total. The Hall–Kier alpha value is -2.48. The smallest absolute Gasteiger partial charge is 0.304 e. The molecule has 23 heavy (non-hydrogen) atoms. The Balaban J connectivity index is 1.95. The van der Waals surface area contributed by atoms with Crippen LogP contribution >= 0.6 is 0 Å². The monoisotopic (exact) mass is 319 g/mol. The van der Waals surface area contributed by atoms with E-state index in [1.165, 1.54) is 4.80 Å². The molecule has 3 N–H and O–H groups in total. The molecule has 0 fully saturated rings. The molecule has 0 unspecified atom stereocenters. The van der Waals surface area contributed by atoms with Crippen molar-refractivity contribution in [3.8, 4) is 17.1 Å². The van der Waals surface area contributed by atoms with Gasteiger partial charge in [-0.15, -0.1) is 10.2 Å². The molecule has 0 saturated heterocycles. The van der Waals surface area contributed by atoms with E-state index in [-0.39, 0.29) is 13.0 Å². The van der Waals surface area contributed by atoms with Crippen LogP contribution in [0, 0.1) is 0 Å². The number of hydrogen-bond acceptors (Lipinski definition) is 6. The number of carboxylic acid groups (broad SMARTS) is 1. The fraction of sp³-hybridized carbons (Fsp3) is 0.467. The van der Waals surface area contributed by atoms with Crippen LogP contribution in [-0.4, -0.2) is 43.9 Å². The van der Waals surface area contributed by atoms with Crippen LogP contribution < -0.4 is 10.5 Å². The third-order valence-electron chi connectivity index (χ3n) is 3.17. The number of carbonyl (C=O) groups is 1. The van der Waals surface area contributed by atoms with Gasteiger partial charge < -0.3 is 15.6 Å². The Labute approximate surface area is 134 Å². The lowest BCUT2D eigenvalue weighted by atomic mass is 10.2. The predicted octanol–water partition coefficient (Wildman–Crippen LogP) is 1.32. The van der Waals surface area contributed by atoms with Crippen molar-refractivity contribution in [2.45, 2.75) is 38.8 Å². The van der Waals surface area contributed by atoms with Crippen molar-refractivity contribution in [2.24, 2.45) is 5.73 Å². The molecule has 0 aliphatic heterocycles. The van der Waals surface area contributed by atoms with E-state index in [0.29, 0.717) is 12.4 Å². The average molecular weight is 319 g/mol. The number of rotatable bonds is 9. The molecular weight excluding hydrogens is 298 g/mol. The number of benzene rings is 1. The number of aromatic nitrogens is 4. The SMILES string of the molecule is CCCCOc1ccc(-c2nnn(C[C@H](N)CC(=O)O)n2)cc1. The van der Waals surface area contributed by atoms with Crippen LogP contribution in [0.5, 0.6) is 5.75 Å². The zero-order chi connectivity index (χ0) is 16.7. The van der Waals surface area contributed by atoms with E-state index in [1.807, 2.05) is 24.3 Å². The van der Waals surface area contributed by atoms with Gasteiger partial charge in [-0.05, 0) is 35.9 Å². The van der Waals surface area contributed by atoms with Gasteiger partial charge in [0.25, 0.3) is 0 Å². The van der Waals surface area contributed by atoms with Crippen LogP contribution in [0.3, 0.4) is 0 Å². The van der Waals surface area contributed by atoms with Crippen molar-refractivity contribution in [3.05, 3.63) is 24.3 Å². The minimum absolute atomic E-state index is 0.138. The number of tetrazole rings is 1. The molecule has 2 rings (SSSR count). The van der Waals surface area contributed by atoms with Crippen molar-refractivity contribution < 1.29 is 14.6 Å². The maximum atomic E-state index is 10.6. The first-order valence-electron chi connectivity index (χ1n) is 7.57. The third kappa shape index (κ3) is 5.33. The summed E-state index contributed by atoms with van der Waals surface area (Å²) in [5.74, 6) is 0.321. The molecule has 0 radical (unpaired) electrons. The van der Waals surface area contributed by atoms with Gasteiger partial charge in [0.1, 0.15) is 5.75 Å². The van der Waals surface area contributed by atoms with Gasteiger partial charge in [-0.1, -0.05) is 13.3 Å². The highest BCUT2D eigenvalue weighted by atomic mass is 16.5. The van der Waals surface area contributed by atoms with Crippen molar-refractivity contribution >= 4 is 5.97 Å². The van der Waals surface area contributed by atoms with E-state index < -0.39 is 12.0 Å². The normalized spacial score (nSPS) is 12.1. The summed E-state index contributed by atoms with van der Waals surface area (Å²) in [6.45, 7) is 3.02. The zero-order valence-electron chi connectivity index (χ0n) is 13.1. The molecule has 1 aromatic carbocycles. The molecule has 0 aliphatic carbocycles. The van der Waals surface area contributed by atoms with E-state index >= 15 is 0 Å². The molecule has 1 aromatic heterocycles. The van der Waals surface area contributed by atoms with Gasteiger partial charge in [0.15, 0.2) is 0 Å². The van der Waals surface area contributed by atoms with Gasteiger partial charge >= 0.3 is 5.97 Å². The van der Waals surface area contributed by atoms with E-state index in [9.17, 15) is 4.79 Å². The summed E-state index contributed by atoms with van der Waals surface area (Å²) >= 11 is 0. The molecule has 8 heteroatoms. The van der Waals surface area contributed by atoms with E-state index in [4.69, 9.17) is 15.6 Å². The lowest BCUT2D eigenvalue weighted by molar-refractivity contribution is -0.137. The van der Waals surface area contributed by atoms with Crippen LogP contribution in [-0.2, 0) is 11.3 Å². The molecule has 0 aliphatic rings. The Kier molecular flexibility index (Phi) is 6.04. The maximum absolute atomic E-state index is 10.6. The van der Waals surface area contributed by atoms with E-state index in [0.717, 1.165) is 24.2 Å². The number of aliphatic carboxylic acids is 1. The highest BCUT2D eigenvalue weighted by molar-refractivity contribution is 5.67. The van der Waals surface area contributed by atoms with Crippen LogP contribution in [0.15, 0.2) is 24.3 Å². The Morgan fingerprint density at radius 2 is 2.13 bits per heavy atom. The first-order valence-corrected chi connectivity index (χ1v) is 7.57. The van der Waals surface area contributed by atoms with Crippen LogP contribution in [0.2, 0.25) is 0 Å². The first kappa shape index (κ1) is 16.9. The number of unbranched alkanes of at least 4 members (excludes halogenated alkanes) is 1. The molecule has 124 valence electrons. The molecule has 0 saturated carbocycles. The van der Waals surface area contributed by atoms with Gasteiger partial charge in [-0.25, -0.2) is 0 Å². The van der Waals surface area contributed by atoms with Gasteiger partial charge in [0.05, 0.1) is 19.6 Å². The summed E-state index contributed by atoms with van der Waals surface area (Å²) in [4.78, 5) is 11.9. The quantitative estimate of drug-likeness (QED) is 0.669. The molecule has 0 bridgehead atoms. The van der Waals surface area contributed by atoms with Crippen molar-refractivity contribution in [1.82, 2.24) is 20.2 Å². The molecule has 1 heterocycles. The molecular formula is C15H21N5O3. The van der Waals surface area contributed by atoms with Crippen molar-refractivity contribution in [3.63, 3.8) is 0 Å². The lowest BCUT2D eigenvalue weighted by Gasteiger charge is -2.06. The molecule has 0 spiro atoms. The molecule has 1 atom stereocenters. The number of carboxylic acids is 1. The summed E-state index contributed by atoms with van der Waals surface area (Å²) in [6, 6.07) is 6.90. The molecule has 2 aromatic rings. The number of ether oxygens (including phenoxy) is 1. The first-order chi connectivity index (χ1) is 11.1. The lowest BCUT2D eigenvalue weighted by Crippen LogP contribution is -2.30. The average Bonchev–Trinajstić information content (AvgIpc) is 2.95. The number of nitrogens with zero attached hydrogens (tertiary/aromatic N) is 4. The summed E-state index contributed by atoms with van der Waals surface area (Å²) < 4.78 is 5.60. The third-order valence-corrected chi connectivity index (χ3v) is 3.17. The standard InChI is InChI=1S/C15H21N5O3/c1-2-3-8-23-13-6-4-11(5-7-13)15-17-19-20(18-15)10-12(16)9-14(21)22/h4-7,12H,2-3,8-10,16H2,1H3,(H,21,22)/t12-/m1/s1. The second kappa shape index (κ2) is 8.23. The zero-order valence-corrected chi connectivity index (χ0v) is 13.1. The summed E-state index contributed by atoms with van der Waals surface area (Å²) in [6.07, 6.45) is 1.98. The molecule has 0 amide bonds. The van der Waals surface area contributed by atoms with E-state index in [1.54, 1.807) is 0 Å². The largest absolute Gasteiger partial charge is 0.494 e. The van der Waals surface area contributed by atoms with E-state index in [2.05, 4.69) is 22.3 Å². The second-order valence-electron chi connectivity index (χ2n) is 5.25. The Morgan fingerprint density at radius 3 is 2.78 bits per heavy atom. The highest BCUT2D eigenvalue weighted by Gasteiger charge is 2.12. The van der Waals surface area contributed by atoms with Crippen molar-refractivity contribution in [2.75, 3.05) is 6.61 Å². The predicted molar refractivity (Wildman–Crippen MR) is 83.9 cm³/mol. The fourth-order valence-corrected chi connectivity index (χ4v) is 1.97. The summed E-state index contributed by atoms with van der Waals surface area (Å²) in [5, 5.41) is 20.8. The van der Waals surface area contributed by atoms with Crippen molar-refractivity contribution in [1.29, 1.82) is 0 Å². The Bertz CT molecular complexity index is 626. The van der Waals surface area contributed by atoms with Crippen LogP contribution in [0.1, 0.15) is 26.2 Å². The van der Waals surface area contributed by atoms with Gasteiger partial charge in [0, 0.05) is 11.6 Å².